The highest BCUT2D eigenvalue weighted by Gasteiger charge is 2.21. The van der Waals surface area contributed by atoms with Gasteiger partial charge >= 0.3 is 5.69 Å². The Bertz CT molecular complexity index is 532. The standard InChI is InChI=1S/C11H8ClN2O2.ClH/c12-9-4-5-10(11(8-9)14(15)16)13-6-2-1-3-7-13;/h1-8H;1H/q+1;/p-1. The van der Waals surface area contributed by atoms with Crippen LogP contribution in [-0.2, 0) is 0 Å². The number of nitro groups is 1. The molecule has 0 radical (unpaired) electrons. The minimum Gasteiger partial charge on any atom is -1.00 e. The minimum absolute atomic E-state index is 0. The van der Waals surface area contributed by atoms with Gasteiger partial charge in [0, 0.05) is 29.3 Å². The molecule has 2 rings (SSSR count). The van der Waals surface area contributed by atoms with E-state index in [1.54, 1.807) is 41.2 Å². The molecule has 0 aliphatic rings. The van der Waals surface area contributed by atoms with Crippen molar-refractivity contribution in [1.82, 2.24) is 0 Å². The number of hydrogen-bond acceptors (Lipinski definition) is 2. The molecule has 0 atom stereocenters. The maximum atomic E-state index is 10.9. The molecule has 0 N–H and O–H groups in total. The topological polar surface area (TPSA) is 47.0 Å². The van der Waals surface area contributed by atoms with Crippen LogP contribution in [0.1, 0.15) is 0 Å². The van der Waals surface area contributed by atoms with E-state index >= 15 is 0 Å². The van der Waals surface area contributed by atoms with Crippen LogP contribution in [0.4, 0.5) is 5.69 Å². The Balaban J connectivity index is 0.00000144. The van der Waals surface area contributed by atoms with E-state index in [0.29, 0.717) is 10.7 Å². The van der Waals surface area contributed by atoms with Crippen molar-refractivity contribution in [3.8, 4) is 5.69 Å². The lowest BCUT2D eigenvalue weighted by molar-refractivity contribution is -0.600. The summed E-state index contributed by atoms with van der Waals surface area (Å²) in [5.74, 6) is 0. The van der Waals surface area contributed by atoms with E-state index in [1.165, 1.54) is 6.07 Å². The molecule has 0 bridgehead atoms. The second-order valence-corrected chi connectivity index (χ2v) is 3.61. The average molecular weight is 271 g/mol. The van der Waals surface area contributed by atoms with Gasteiger partial charge in [0.05, 0.1) is 4.92 Å². The lowest BCUT2D eigenvalue weighted by atomic mass is 10.2. The van der Waals surface area contributed by atoms with Crippen molar-refractivity contribution in [2.24, 2.45) is 0 Å². The summed E-state index contributed by atoms with van der Waals surface area (Å²) in [5.41, 5.74) is 0.485. The fourth-order valence-corrected chi connectivity index (χ4v) is 1.59. The zero-order valence-electron chi connectivity index (χ0n) is 8.59. The molecule has 2 aromatic rings. The molecule has 0 fully saturated rings. The molecule has 0 aliphatic carbocycles. The number of halogens is 2. The van der Waals surface area contributed by atoms with Crippen molar-refractivity contribution in [1.29, 1.82) is 0 Å². The highest BCUT2D eigenvalue weighted by molar-refractivity contribution is 6.30. The number of aromatic nitrogens is 1. The third-order valence-electron chi connectivity index (χ3n) is 2.13. The van der Waals surface area contributed by atoms with Gasteiger partial charge in [-0.1, -0.05) is 17.7 Å². The molecule has 0 amide bonds. The van der Waals surface area contributed by atoms with Crippen molar-refractivity contribution >= 4 is 17.3 Å². The summed E-state index contributed by atoms with van der Waals surface area (Å²) in [6.45, 7) is 0. The van der Waals surface area contributed by atoms with E-state index in [-0.39, 0.29) is 18.1 Å². The fourth-order valence-electron chi connectivity index (χ4n) is 1.42. The summed E-state index contributed by atoms with van der Waals surface area (Å²) in [7, 11) is 0. The van der Waals surface area contributed by atoms with E-state index in [9.17, 15) is 10.1 Å². The van der Waals surface area contributed by atoms with Crippen molar-refractivity contribution in [3.63, 3.8) is 0 Å². The van der Waals surface area contributed by atoms with E-state index in [0.717, 1.165) is 0 Å². The minimum atomic E-state index is -0.443. The van der Waals surface area contributed by atoms with Crippen LogP contribution in [0.15, 0.2) is 48.8 Å². The Hall–Kier alpha value is -1.65. The van der Waals surface area contributed by atoms with Crippen LogP contribution in [0, 0.1) is 10.1 Å². The highest BCUT2D eigenvalue weighted by Crippen LogP contribution is 2.22. The Morgan fingerprint density at radius 1 is 1.18 bits per heavy atom. The van der Waals surface area contributed by atoms with Gasteiger partial charge in [0.2, 0.25) is 0 Å². The Morgan fingerprint density at radius 3 is 2.41 bits per heavy atom. The summed E-state index contributed by atoms with van der Waals surface area (Å²) in [6, 6.07) is 10.1. The third kappa shape index (κ3) is 2.93. The first-order chi connectivity index (χ1) is 7.68. The molecule has 88 valence electrons. The van der Waals surface area contributed by atoms with Gasteiger partial charge < -0.3 is 12.4 Å². The summed E-state index contributed by atoms with van der Waals surface area (Å²) in [5, 5.41) is 11.2. The largest absolute Gasteiger partial charge is 1.00 e. The summed E-state index contributed by atoms with van der Waals surface area (Å²) >= 11 is 5.73. The second-order valence-electron chi connectivity index (χ2n) is 3.17. The normalized spacial score (nSPS) is 9.47. The third-order valence-corrected chi connectivity index (χ3v) is 2.36. The van der Waals surface area contributed by atoms with Gasteiger partial charge in [-0.05, 0) is 6.07 Å². The molecule has 1 aromatic carbocycles. The zero-order valence-corrected chi connectivity index (χ0v) is 10.1. The predicted octanol–water partition coefficient (Wildman–Crippen LogP) is -0.471. The van der Waals surface area contributed by atoms with Crippen LogP contribution < -0.4 is 17.0 Å². The van der Waals surface area contributed by atoms with Crippen molar-refractivity contribution < 1.29 is 21.9 Å². The molecule has 0 spiro atoms. The first-order valence-electron chi connectivity index (χ1n) is 4.59. The van der Waals surface area contributed by atoms with Gasteiger partial charge in [-0.25, -0.2) is 0 Å². The monoisotopic (exact) mass is 270 g/mol. The molecular formula is C11H8Cl2N2O2. The Kier molecular flexibility index (Phi) is 4.43. The summed E-state index contributed by atoms with van der Waals surface area (Å²) < 4.78 is 1.68. The molecule has 1 heterocycles. The quantitative estimate of drug-likeness (QED) is 0.421. The van der Waals surface area contributed by atoms with Crippen LogP contribution in [0.2, 0.25) is 5.02 Å². The van der Waals surface area contributed by atoms with Crippen LogP contribution in [0.3, 0.4) is 0 Å². The molecule has 0 aliphatic heterocycles. The lowest BCUT2D eigenvalue weighted by Crippen LogP contribution is -3.00. The van der Waals surface area contributed by atoms with Crippen LogP contribution in [-0.4, -0.2) is 4.92 Å². The number of benzene rings is 1. The number of nitro benzene ring substituents is 1. The number of nitrogens with zero attached hydrogens (tertiary/aromatic N) is 2. The zero-order chi connectivity index (χ0) is 11.5. The number of pyridine rings is 1. The van der Waals surface area contributed by atoms with E-state index < -0.39 is 4.92 Å². The van der Waals surface area contributed by atoms with Gasteiger partial charge in [0.1, 0.15) is 0 Å². The molecule has 4 nitrogen and oxygen atoms in total. The molecule has 6 heteroatoms. The van der Waals surface area contributed by atoms with E-state index in [1.807, 2.05) is 6.07 Å². The van der Waals surface area contributed by atoms with Gasteiger partial charge in [-0.15, -0.1) is 0 Å². The van der Waals surface area contributed by atoms with Gasteiger partial charge in [0.25, 0.3) is 5.69 Å². The van der Waals surface area contributed by atoms with Crippen LogP contribution in [0.5, 0.6) is 0 Å². The highest BCUT2D eigenvalue weighted by atomic mass is 35.5. The first kappa shape index (κ1) is 13.4. The Labute approximate surface area is 109 Å². The second kappa shape index (κ2) is 5.61. The number of rotatable bonds is 2. The van der Waals surface area contributed by atoms with Gasteiger partial charge in [0.15, 0.2) is 12.4 Å². The predicted molar refractivity (Wildman–Crippen MR) is 59.6 cm³/mol. The fraction of sp³-hybridized carbons (Fsp3) is 0. The average Bonchev–Trinajstić information content (AvgIpc) is 2.30. The van der Waals surface area contributed by atoms with E-state index in [2.05, 4.69) is 0 Å². The maximum Gasteiger partial charge on any atom is 0.341 e. The van der Waals surface area contributed by atoms with Crippen LogP contribution in [0.25, 0.3) is 5.69 Å². The molecule has 17 heavy (non-hydrogen) atoms. The van der Waals surface area contributed by atoms with Crippen molar-refractivity contribution in [2.45, 2.75) is 0 Å². The first-order valence-corrected chi connectivity index (χ1v) is 4.97. The van der Waals surface area contributed by atoms with Crippen molar-refractivity contribution in [2.75, 3.05) is 0 Å². The SMILES string of the molecule is O=[N+]([O-])c1cc(Cl)ccc1-[n+]1ccccc1.[Cl-]. The molecule has 0 saturated heterocycles. The summed E-state index contributed by atoms with van der Waals surface area (Å²) in [4.78, 5) is 10.4. The smallest absolute Gasteiger partial charge is 0.341 e. The maximum absolute atomic E-state index is 10.9. The molecule has 0 saturated carbocycles. The lowest BCUT2D eigenvalue weighted by Gasteiger charge is -1.97. The van der Waals surface area contributed by atoms with E-state index in [4.69, 9.17) is 11.6 Å². The van der Waals surface area contributed by atoms with Gasteiger partial charge in [-0.3, -0.25) is 10.1 Å². The molecule has 0 unspecified atom stereocenters. The summed E-state index contributed by atoms with van der Waals surface area (Å²) in [6.07, 6.45) is 3.49. The molecule has 1 aromatic heterocycles. The molecular weight excluding hydrogens is 263 g/mol. The Morgan fingerprint density at radius 2 is 1.82 bits per heavy atom. The van der Waals surface area contributed by atoms with Gasteiger partial charge in [-0.2, -0.15) is 4.57 Å². The number of hydrogen-bond donors (Lipinski definition) is 0. The van der Waals surface area contributed by atoms with Crippen molar-refractivity contribution in [3.05, 3.63) is 63.9 Å². The van der Waals surface area contributed by atoms with Crippen LogP contribution >= 0.6 is 11.6 Å².